The van der Waals surface area contributed by atoms with Crippen molar-refractivity contribution in [1.29, 1.82) is 0 Å². The second kappa shape index (κ2) is 14.6. The number of halogens is 6. The summed E-state index contributed by atoms with van der Waals surface area (Å²) in [6.45, 7) is 6.50. The van der Waals surface area contributed by atoms with Crippen molar-refractivity contribution >= 4 is 23.7 Å². The number of alkyl halides is 6. The van der Waals surface area contributed by atoms with Crippen molar-refractivity contribution in [2.24, 2.45) is 0 Å². The Kier molecular flexibility index (Phi) is 11.0. The van der Waals surface area contributed by atoms with Gasteiger partial charge in [0.2, 0.25) is 11.8 Å². The number of aryl methyl sites for hydroxylation is 2. The number of hydrogen-bond donors (Lipinski definition) is 1. The Morgan fingerprint density at radius 3 is 2.27 bits per heavy atom. The average molecular weight is 684 g/mol. The van der Waals surface area contributed by atoms with Crippen LogP contribution in [-0.2, 0) is 28.4 Å². The number of fused-ring (bicyclic) bond motifs is 1. The number of amides is 1. The predicted molar refractivity (Wildman–Crippen MR) is 162 cm³/mol. The van der Waals surface area contributed by atoms with Crippen LogP contribution in [0.5, 0.6) is 5.88 Å². The minimum atomic E-state index is -5.06. The number of carbonyl (C=O) groups is 2. The Morgan fingerprint density at radius 2 is 1.69 bits per heavy atom. The Hall–Kier alpha value is -4.63. The second-order valence-electron chi connectivity index (χ2n) is 11.3. The molecule has 10 nitrogen and oxygen atoms in total. The van der Waals surface area contributed by atoms with E-state index in [9.17, 15) is 35.9 Å². The molecule has 1 aromatic carbocycles. The maximum absolute atomic E-state index is 13.9. The first-order valence-electron chi connectivity index (χ1n) is 15.2. The maximum atomic E-state index is 13.9. The summed E-state index contributed by atoms with van der Waals surface area (Å²) >= 11 is 0. The molecule has 3 aromatic rings. The van der Waals surface area contributed by atoms with Crippen molar-refractivity contribution in [3.8, 4) is 5.88 Å². The number of aromatic nitrogens is 3. The van der Waals surface area contributed by atoms with E-state index in [0.717, 1.165) is 0 Å². The summed E-state index contributed by atoms with van der Waals surface area (Å²) < 4.78 is 94.1. The molecule has 1 aliphatic heterocycles. The molecular weight excluding hydrogens is 648 g/mol. The molecule has 2 atom stereocenters. The number of benzene rings is 1. The first-order valence-corrected chi connectivity index (χ1v) is 15.2. The standard InChI is InChI=1S/C32H35F6N5O5/c1-5-23-16-25(24-12-18(3)40-19(4)28(24)43(23)30(46)47-6-2)42(29-39-10-9-26(41-29)48-11-7-8-27(44)45)17-20-13-21(31(33,34)35)15-22(14-20)32(36,37)38/h9-10,12-15,23,25H,5-8,11,16-17H2,1-4H3,(H,44,45). The number of ether oxygens (including phenoxy) is 2. The van der Waals surface area contributed by atoms with Crippen LogP contribution in [0.1, 0.15) is 79.2 Å². The van der Waals surface area contributed by atoms with Gasteiger partial charge in [0.1, 0.15) is 0 Å². The lowest BCUT2D eigenvalue weighted by Gasteiger charge is -2.44. The zero-order chi connectivity index (χ0) is 35.4. The van der Waals surface area contributed by atoms with Crippen LogP contribution in [0.4, 0.5) is 42.8 Å². The Labute approximate surface area is 272 Å². The molecule has 1 N–H and O–H groups in total. The lowest BCUT2D eigenvalue weighted by molar-refractivity contribution is -0.143. The summed E-state index contributed by atoms with van der Waals surface area (Å²) in [6, 6.07) is 3.22. The second-order valence-corrected chi connectivity index (χ2v) is 11.3. The summed E-state index contributed by atoms with van der Waals surface area (Å²) in [7, 11) is 0. The smallest absolute Gasteiger partial charge is 0.416 e. The van der Waals surface area contributed by atoms with E-state index in [-0.39, 0.29) is 55.9 Å². The van der Waals surface area contributed by atoms with Gasteiger partial charge in [0.15, 0.2) is 0 Å². The molecule has 1 amide bonds. The minimum Gasteiger partial charge on any atom is -0.481 e. The molecule has 3 heterocycles. The average Bonchev–Trinajstić information content (AvgIpc) is 3.00. The van der Waals surface area contributed by atoms with Crippen molar-refractivity contribution in [2.75, 3.05) is 23.0 Å². The van der Waals surface area contributed by atoms with Gasteiger partial charge in [-0.15, -0.1) is 0 Å². The number of rotatable bonds is 11. The van der Waals surface area contributed by atoms with Crippen molar-refractivity contribution < 1.29 is 50.5 Å². The van der Waals surface area contributed by atoms with Crippen LogP contribution in [0.15, 0.2) is 36.5 Å². The van der Waals surface area contributed by atoms with Crippen LogP contribution in [0.3, 0.4) is 0 Å². The van der Waals surface area contributed by atoms with E-state index >= 15 is 0 Å². The van der Waals surface area contributed by atoms with Gasteiger partial charge in [-0.25, -0.2) is 9.78 Å². The molecule has 0 bridgehead atoms. The van der Waals surface area contributed by atoms with Gasteiger partial charge in [-0.3, -0.25) is 14.7 Å². The minimum absolute atomic E-state index is 0.0198. The molecular formula is C32H35F6N5O5. The number of hydrogen-bond acceptors (Lipinski definition) is 8. The van der Waals surface area contributed by atoms with Gasteiger partial charge in [-0.2, -0.15) is 31.3 Å². The van der Waals surface area contributed by atoms with Gasteiger partial charge in [-0.1, -0.05) is 6.92 Å². The fourth-order valence-electron chi connectivity index (χ4n) is 5.75. The number of carboxylic acid groups (broad SMARTS) is 1. The molecule has 16 heteroatoms. The molecule has 260 valence electrons. The van der Waals surface area contributed by atoms with Crippen LogP contribution < -0.4 is 14.5 Å². The number of carbonyl (C=O) groups excluding carboxylic acids is 1. The molecule has 1 aliphatic rings. The van der Waals surface area contributed by atoms with Crippen LogP contribution in [0.25, 0.3) is 0 Å². The van der Waals surface area contributed by atoms with E-state index in [4.69, 9.17) is 14.6 Å². The normalized spacial score (nSPS) is 16.3. The number of anilines is 2. The van der Waals surface area contributed by atoms with E-state index in [1.165, 1.54) is 22.1 Å². The third-order valence-corrected chi connectivity index (χ3v) is 7.76. The molecule has 48 heavy (non-hydrogen) atoms. The zero-order valence-corrected chi connectivity index (χ0v) is 26.7. The number of aliphatic carboxylic acids is 1. The molecule has 0 aliphatic carbocycles. The SMILES string of the molecule is CCOC(=O)N1c2c(cc(C)nc2C)C(N(Cc2cc(C(F)(F)F)cc(C(F)(F)F)c2)c2nccc(OCCCC(=O)O)n2)CC1CC. The van der Waals surface area contributed by atoms with E-state index in [0.29, 0.717) is 41.2 Å². The molecule has 0 saturated heterocycles. The lowest BCUT2D eigenvalue weighted by atomic mass is 9.88. The summed E-state index contributed by atoms with van der Waals surface area (Å²) in [5.41, 5.74) is -1.28. The molecule has 0 fully saturated rings. The van der Waals surface area contributed by atoms with E-state index < -0.39 is 54.2 Å². The highest BCUT2D eigenvalue weighted by Gasteiger charge is 2.42. The molecule has 2 aromatic heterocycles. The highest BCUT2D eigenvalue weighted by atomic mass is 19.4. The van der Waals surface area contributed by atoms with Gasteiger partial charge >= 0.3 is 24.4 Å². The number of nitrogens with zero attached hydrogens (tertiary/aromatic N) is 5. The summed E-state index contributed by atoms with van der Waals surface area (Å²) in [5, 5.41) is 8.93. The van der Waals surface area contributed by atoms with Crippen molar-refractivity contribution in [2.45, 2.75) is 84.4 Å². The van der Waals surface area contributed by atoms with Crippen molar-refractivity contribution in [1.82, 2.24) is 15.0 Å². The van der Waals surface area contributed by atoms with Crippen molar-refractivity contribution in [3.63, 3.8) is 0 Å². The quantitative estimate of drug-likeness (QED) is 0.161. The maximum Gasteiger partial charge on any atom is 0.416 e. The topological polar surface area (TPSA) is 118 Å². The summed E-state index contributed by atoms with van der Waals surface area (Å²) in [6.07, 6.45) is -8.82. The van der Waals surface area contributed by atoms with E-state index in [2.05, 4.69) is 15.0 Å². The van der Waals surface area contributed by atoms with Crippen LogP contribution in [0.2, 0.25) is 0 Å². The molecule has 4 rings (SSSR count). The highest BCUT2D eigenvalue weighted by molar-refractivity contribution is 5.91. The van der Waals surface area contributed by atoms with Crippen LogP contribution in [-0.4, -0.2) is 51.4 Å². The van der Waals surface area contributed by atoms with Gasteiger partial charge in [0, 0.05) is 42.5 Å². The summed E-state index contributed by atoms with van der Waals surface area (Å²) in [5.74, 6) is -1.07. The van der Waals surface area contributed by atoms with Gasteiger partial charge in [0.05, 0.1) is 41.8 Å². The first-order chi connectivity index (χ1) is 22.5. The number of pyridine rings is 1. The Balaban J connectivity index is 1.91. The fraction of sp³-hybridized carbons (Fsp3) is 0.469. The predicted octanol–water partition coefficient (Wildman–Crippen LogP) is 7.66. The molecule has 0 spiro atoms. The first kappa shape index (κ1) is 36.2. The third-order valence-electron chi connectivity index (χ3n) is 7.76. The largest absolute Gasteiger partial charge is 0.481 e. The van der Waals surface area contributed by atoms with Crippen LogP contribution >= 0.6 is 0 Å². The molecule has 0 saturated carbocycles. The third kappa shape index (κ3) is 8.44. The van der Waals surface area contributed by atoms with Gasteiger partial charge in [-0.05, 0) is 69.9 Å². The molecule has 0 radical (unpaired) electrons. The van der Waals surface area contributed by atoms with E-state index in [1.807, 2.05) is 6.92 Å². The van der Waals surface area contributed by atoms with E-state index in [1.54, 1.807) is 26.8 Å². The molecule has 2 unspecified atom stereocenters. The van der Waals surface area contributed by atoms with Crippen molar-refractivity contribution in [3.05, 3.63) is 70.2 Å². The lowest BCUT2D eigenvalue weighted by Crippen LogP contribution is -2.48. The monoisotopic (exact) mass is 683 g/mol. The van der Waals surface area contributed by atoms with Crippen LogP contribution in [0, 0.1) is 13.8 Å². The zero-order valence-electron chi connectivity index (χ0n) is 26.7. The Bertz CT molecular complexity index is 1600. The fourth-order valence-corrected chi connectivity index (χ4v) is 5.75. The summed E-state index contributed by atoms with van der Waals surface area (Å²) in [4.78, 5) is 40.4. The highest BCUT2D eigenvalue weighted by Crippen LogP contribution is 2.45. The van der Waals surface area contributed by atoms with Gasteiger partial charge < -0.3 is 19.5 Å². The number of carboxylic acids is 1. The Morgan fingerprint density at radius 1 is 1.02 bits per heavy atom. The van der Waals surface area contributed by atoms with Gasteiger partial charge in [0.25, 0.3) is 0 Å².